The van der Waals surface area contributed by atoms with Gasteiger partial charge in [-0.05, 0) is 43.9 Å². The van der Waals surface area contributed by atoms with Crippen molar-refractivity contribution in [2.45, 2.75) is 102 Å². The van der Waals surface area contributed by atoms with Crippen molar-refractivity contribution in [3.05, 3.63) is 12.7 Å². The van der Waals surface area contributed by atoms with Crippen LogP contribution in [0.2, 0.25) is 0 Å². The van der Waals surface area contributed by atoms with Gasteiger partial charge in [0.1, 0.15) is 6.04 Å². The van der Waals surface area contributed by atoms with Gasteiger partial charge in [0, 0.05) is 17.3 Å². The lowest BCUT2D eigenvalue weighted by molar-refractivity contribution is -0.151. The van der Waals surface area contributed by atoms with E-state index in [0.29, 0.717) is 13.0 Å². The molecule has 3 fully saturated rings. The number of hydrogen-bond acceptors (Lipinski definition) is 5. The minimum atomic E-state index is -0.965. The molecule has 2 bridgehead atoms. The van der Waals surface area contributed by atoms with Crippen LogP contribution in [0.3, 0.4) is 0 Å². The third kappa shape index (κ3) is 4.50. The zero-order chi connectivity index (χ0) is 27.4. The quantitative estimate of drug-likeness (QED) is 0.420. The minimum Gasteiger partial charge on any atom is -0.481 e. The summed E-state index contributed by atoms with van der Waals surface area (Å²) in [5.41, 5.74) is -0.559. The fraction of sp³-hybridized carbons (Fsp3) is 0.821. The molecule has 0 aromatic carbocycles. The van der Waals surface area contributed by atoms with E-state index < -0.39 is 40.2 Å². The van der Waals surface area contributed by atoms with Crippen LogP contribution < -0.4 is 0 Å². The number of hydrogen-bond donors (Lipinski definition) is 2. The first kappa shape index (κ1) is 29.0. The largest absolute Gasteiger partial charge is 0.481 e. The highest BCUT2D eigenvalue weighted by Crippen LogP contribution is 2.69. The van der Waals surface area contributed by atoms with E-state index in [1.807, 2.05) is 18.7 Å². The van der Waals surface area contributed by atoms with Crippen molar-refractivity contribution in [1.29, 1.82) is 0 Å². The van der Waals surface area contributed by atoms with Crippen molar-refractivity contribution >= 4 is 29.5 Å². The lowest BCUT2D eigenvalue weighted by Crippen LogP contribution is -2.63. The molecule has 3 heterocycles. The molecule has 3 aliphatic rings. The van der Waals surface area contributed by atoms with Gasteiger partial charge in [0.05, 0.1) is 29.2 Å². The summed E-state index contributed by atoms with van der Waals surface area (Å²) in [6.07, 6.45) is 3.87. The van der Waals surface area contributed by atoms with Crippen LogP contribution in [-0.2, 0) is 14.4 Å². The van der Waals surface area contributed by atoms with Gasteiger partial charge in [-0.3, -0.25) is 14.4 Å². The molecule has 7 nitrogen and oxygen atoms in total. The van der Waals surface area contributed by atoms with Crippen LogP contribution in [0.1, 0.15) is 74.7 Å². The number of rotatable bonds is 10. The number of carbonyl (C=O) groups is 3. The van der Waals surface area contributed by atoms with E-state index in [0.717, 1.165) is 12.8 Å². The summed E-state index contributed by atoms with van der Waals surface area (Å²) in [4.78, 5) is 44.8. The van der Waals surface area contributed by atoms with E-state index in [2.05, 4.69) is 48.1 Å². The lowest BCUT2D eigenvalue weighted by Gasteiger charge is -2.48. The number of aliphatic carboxylic acids is 1. The monoisotopic (exact) mass is 522 g/mol. The van der Waals surface area contributed by atoms with Crippen LogP contribution in [0.4, 0.5) is 0 Å². The van der Waals surface area contributed by atoms with Gasteiger partial charge in [0.25, 0.3) is 0 Å². The molecule has 0 radical (unpaired) electrons. The molecule has 3 rings (SSSR count). The maximum absolute atomic E-state index is 14.7. The van der Waals surface area contributed by atoms with Gasteiger partial charge < -0.3 is 20.0 Å². The molecule has 1 spiro atoms. The number of aliphatic hydroxyl groups excluding tert-OH is 1. The number of nitrogens with zero attached hydrogens (tertiary/aromatic N) is 2. The van der Waals surface area contributed by atoms with E-state index in [1.54, 1.807) is 22.7 Å². The number of carboxylic acids is 1. The fourth-order valence-corrected chi connectivity index (χ4v) is 9.89. The molecule has 0 aromatic rings. The summed E-state index contributed by atoms with van der Waals surface area (Å²) in [5, 5.41) is 20.4. The first-order valence-electron chi connectivity index (χ1n) is 13.3. The number of likely N-dealkylation sites (tertiary alicyclic amines) is 1. The summed E-state index contributed by atoms with van der Waals surface area (Å²) in [6, 6.07) is -1.37. The Bertz CT molecular complexity index is 899. The van der Waals surface area contributed by atoms with Crippen LogP contribution in [0.25, 0.3) is 0 Å². The number of amides is 2. The number of aliphatic hydroxyl groups is 1. The van der Waals surface area contributed by atoms with Crippen LogP contribution >= 0.6 is 11.8 Å². The van der Waals surface area contributed by atoms with Gasteiger partial charge in [-0.1, -0.05) is 54.0 Å². The van der Waals surface area contributed by atoms with Gasteiger partial charge in [-0.25, -0.2) is 0 Å². The van der Waals surface area contributed by atoms with E-state index in [-0.39, 0.29) is 40.9 Å². The SMILES string of the molecule is C=CCN(C(=O)C1N([C@@H](CO)[C@@H](C)CC)C(=O)[C@@H]2[C@@H](C(=O)O)[C@H]3CC(C)C12S3)C(C)(C)CC(C)(C)C. The van der Waals surface area contributed by atoms with Gasteiger partial charge in [-0.2, -0.15) is 0 Å². The van der Waals surface area contributed by atoms with Crippen molar-refractivity contribution in [3.63, 3.8) is 0 Å². The molecule has 3 saturated heterocycles. The molecule has 2 amide bonds. The van der Waals surface area contributed by atoms with E-state index in [1.165, 1.54) is 0 Å². The van der Waals surface area contributed by atoms with Crippen LogP contribution in [0.15, 0.2) is 12.7 Å². The molecule has 0 saturated carbocycles. The second-order valence-corrected chi connectivity index (χ2v) is 14.6. The topological polar surface area (TPSA) is 98.2 Å². The van der Waals surface area contributed by atoms with Crippen molar-refractivity contribution < 1.29 is 24.6 Å². The van der Waals surface area contributed by atoms with Gasteiger partial charge in [0.15, 0.2) is 0 Å². The third-order valence-corrected chi connectivity index (χ3v) is 10.9. The Morgan fingerprint density at radius 1 is 1.31 bits per heavy atom. The molecule has 3 unspecified atom stereocenters. The maximum Gasteiger partial charge on any atom is 0.308 e. The first-order chi connectivity index (χ1) is 16.6. The van der Waals surface area contributed by atoms with E-state index in [9.17, 15) is 24.6 Å². The minimum absolute atomic E-state index is 0.00332. The number of carboxylic acid groups (broad SMARTS) is 1. The molecular weight excluding hydrogens is 476 g/mol. The lowest BCUT2D eigenvalue weighted by atomic mass is 9.66. The second kappa shape index (κ2) is 9.97. The standard InChI is InChI=1S/C28H46N2O5S/c1-10-12-29(27(8,9)15-26(5,6)7)24(33)22-28-17(4)13-19(36-28)20(25(34)35)21(28)23(32)30(22)18(14-31)16(3)11-2/h10,16-22,31H,1,11-15H2,2-9H3,(H,34,35)/t16-,17?,18-,19+,20-,21-,22?,28?/m0/s1. The molecule has 0 aromatic heterocycles. The molecule has 8 heteroatoms. The normalized spacial score (nSPS) is 33.4. The average molecular weight is 523 g/mol. The Kier molecular flexibility index (Phi) is 8.04. The Morgan fingerprint density at radius 3 is 2.39 bits per heavy atom. The molecule has 3 aliphatic heterocycles. The van der Waals surface area contributed by atoms with E-state index >= 15 is 0 Å². The summed E-state index contributed by atoms with van der Waals surface area (Å²) >= 11 is 1.55. The molecule has 36 heavy (non-hydrogen) atoms. The Balaban J connectivity index is 2.20. The highest BCUT2D eigenvalue weighted by Gasteiger charge is 2.77. The highest BCUT2D eigenvalue weighted by molar-refractivity contribution is 8.02. The predicted octanol–water partition coefficient (Wildman–Crippen LogP) is 4.04. The van der Waals surface area contributed by atoms with Crippen LogP contribution in [0, 0.1) is 29.1 Å². The van der Waals surface area contributed by atoms with Gasteiger partial charge in [0.2, 0.25) is 11.8 Å². The number of fused-ring (bicyclic) bond motifs is 1. The summed E-state index contributed by atoms with van der Waals surface area (Å²) in [7, 11) is 0. The zero-order valence-electron chi connectivity index (χ0n) is 23.3. The Morgan fingerprint density at radius 2 is 1.92 bits per heavy atom. The molecule has 8 atom stereocenters. The smallest absolute Gasteiger partial charge is 0.308 e. The van der Waals surface area contributed by atoms with Crippen molar-refractivity contribution in [2.24, 2.45) is 29.1 Å². The summed E-state index contributed by atoms with van der Waals surface area (Å²) < 4.78 is -0.819. The van der Waals surface area contributed by atoms with E-state index in [4.69, 9.17) is 0 Å². The summed E-state index contributed by atoms with van der Waals surface area (Å²) in [5.74, 6) is -3.03. The molecule has 204 valence electrons. The zero-order valence-corrected chi connectivity index (χ0v) is 24.1. The van der Waals surface area contributed by atoms with Crippen molar-refractivity contribution in [2.75, 3.05) is 13.2 Å². The van der Waals surface area contributed by atoms with Gasteiger partial charge in [-0.15, -0.1) is 18.3 Å². The van der Waals surface area contributed by atoms with Crippen molar-refractivity contribution in [1.82, 2.24) is 9.80 Å². The maximum atomic E-state index is 14.7. The summed E-state index contributed by atoms with van der Waals surface area (Å²) in [6.45, 7) is 20.6. The molecule has 2 N–H and O–H groups in total. The second-order valence-electron chi connectivity index (χ2n) is 13.1. The Hall–Kier alpha value is -1.54. The number of thioether (sulfide) groups is 1. The van der Waals surface area contributed by atoms with Crippen LogP contribution in [0.5, 0.6) is 0 Å². The third-order valence-electron chi connectivity index (χ3n) is 8.82. The average Bonchev–Trinajstić information content (AvgIpc) is 3.34. The fourth-order valence-electron chi connectivity index (χ4n) is 7.50. The first-order valence-corrected chi connectivity index (χ1v) is 14.2. The Labute approximate surface area is 221 Å². The molecule has 0 aliphatic carbocycles. The number of carbonyl (C=O) groups excluding carboxylic acids is 2. The highest BCUT2D eigenvalue weighted by atomic mass is 32.2. The van der Waals surface area contributed by atoms with Crippen LogP contribution in [-0.4, -0.2) is 78.6 Å². The molecular formula is C28H46N2O5S. The van der Waals surface area contributed by atoms with Gasteiger partial charge >= 0.3 is 5.97 Å². The predicted molar refractivity (Wildman–Crippen MR) is 144 cm³/mol. The van der Waals surface area contributed by atoms with Crippen molar-refractivity contribution in [3.8, 4) is 0 Å².